The number of rotatable bonds is 8. The number of ketones is 1. The van der Waals surface area contributed by atoms with Crippen LogP contribution >= 0.6 is 11.3 Å². The maximum Gasteiger partial charge on any atom is 0.214 e. The molecule has 4 aromatic heterocycles. The van der Waals surface area contributed by atoms with E-state index in [1.165, 1.54) is 19.3 Å². The Morgan fingerprint density at radius 2 is 1.92 bits per heavy atom. The lowest BCUT2D eigenvalue weighted by molar-refractivity contribution is -0.117. The van der Waals surface area contributed by atoms with E-state index in [1.54, 1.807) is 11.3 Å². The Morgan fingerprint density at radius 1 is 1.11 bits per heavy atom. The van der Waals surface area contributed by atoms with Gasteiger partial charge in [-0.05, 0) is 30.4 Å². The van der Waals surface area contributed by atoms with Crippen molar-refractivity contribution in [2.45, 2.75) is 58.3 Å². The van der Waals surface area contributed by atoms with Crippen LogP contribution in [0.25, 0.3) is 26.6 Å². The number of fused-ring (bicyclic) bond motifs is 3. The first-order valence-corrected chi connectivity index (χ1v) is 13.6. The first kappa shape index (κ1) is 23.9. The maximum absolute atomic E-state index is 12.6. The molecular formula is C29H30N4O3S. The van der Waals surface area contributed by atoms with Crippen LogP contribution in [0.4, 0.5) is 0 Å². The summed E-state index contributed by atoms with van der Waals surface area (Å²) in [5.74, 6) is 2.27. The van der Waals surface area contributed by atoms with Crippen molar-refractivity contribution in [2.75, 3.05) is 6.61 Å². The second-order valence-electron chi connectivity index (χ2n) is 11.0. The Hall–Kier alpha value is -3.52. The van der Waals surface area contributed by atoms with Crippen molar-refractivity contribution in [3.8, 4) is 17.1 Å². The summed E-state index contributed by atoms with van der Waals surface area (Å²) < 4.78 is 13.4. The summed E-state index contributed by atoms with van der Waals surface area (Å²) in [4.78, 5) is 24.0. The molecule has 0 N–H and O–H groups in total. The van der Waals surface area contributed by atoms with E-state index in [2.05, 4.69) is 36.4 Å². The van der Waals surface area contributed by atoms with E-state index in [-0.39, 0.29) is 17.6 Å². The molecular weight excluding hydrogens is 484 g/mol. The SMILES string of the molecule is CC(C)(C)c1cc(CC(=O)Cc2ccc(-c3cn4c(n3)sc3nc(OCC5CCC5)ccc34)cc2)no1. The Morgan fingerprint density at radius 3 is 2.62 bits per heavy atom. The van der Waals surface area contributed by atoms with Crippen LogP contribution in [0.2, 0.25) is 0 Å². The number of nitrogens with zero attached hydrogens (tertiary/aromatic N) is 4. The molecule has 1 aromatic carbocycles. The third kappa shape index (κ3) is 5.03. The number of aromatic nitrogens is 4. The summed E-state index contributed by atoms with van der Waals surface area (Å²) in [6, 6.07) is 13.9. The molecule has 7 nitrogen and oxygen atoms in total. The molecule has 5 aromatic rings. The molecule has 0 atom stereocenters. The summed E-state index contributed by atoms with van der Waals surface area (Å²) in [5, 5.41) is 4.07. The molecule has 1 aliphatic carbocycles. The fraction of sp³-hybridized carbons (Fsp3) is 0.379. The molecule has 1 aliphatic rings. The van der Waals surface area contributed by atoms with Gasteiger partial charge in [-0.15, -0.1) is 0 Å². The Labute approximate surface area is 219 Å². The van der Waals surface area contributed by atoms with Crippen LogP contribution in [-0.4, -0.2) is 31.9 Å². The summed E-state index contributed by atoms with van der Waals surface area (Å²) in [6.07, 6.45) is 6.51. The maximum atomic E-state index is 12.6. The van der Waals surface area contributed by atoms with E-state index in [1.807, 2.05) is 42.6 Å². The van der Waals surface area contributed by atoms with Crippen molar-refractivity contribution >= 4 is 32.4 Å². The van der Waals surface area contributed by atoms with Gasteiger partial charge in [0, 0.05) is 35.7 Å². The van der Waals surface area contributed by atoms with Crippen molar-refractivity contribution in [3.63, 3.8) is 0 Å². The molecule has 4 heterocycles. The van der Waals surface area contributed by atoms with E-state index in [4.69, 9.17) is 19.2 Å². The lowest BCUT2D eigenvalue weighted by atomic mass is 9.86. The molecule has 190 valence electrons. The van der Waals surface area contributed by atoms with Gasteiger partial charge >= 0.3 is 0 Å². The zero-order chi connectivity index (χ0) is 25.6. The minimum Gasteiger partial charge on any atom is -0.477 e. The molecule has 1 fully saturated rings. The number of imidazole rings is 1. The average molecular weight is 515 g/mol. The molecule has 37 heavy (non-hydrogen) atoms. The number of hydrogen-bond donors (Lipinski definition) is 0. The van der Waals surface area contributed by atoms with E-state index in [9.17, 15) is 4.79 Å². The van der Waals surface area contributed by atoms with Gasteiger partial charge in [0.25, 0.3) is 0 Å². The molecule has 0 unspecified atom stereocenters. The summed E-state index contributed by atoms with van der Waals surface area (Å²) in [7, 11) is 0. The number of carbonyl (C=O) groups is 1. The third-order valence-electron chi connectivity index (χ3n) is 6.95. The number of carbonyl (C=O) groups excluding carboxylic acids is 1. The molecule has 0 aliphatic heterocycles. The normalized spacial score (nSPS) is 14.4. The first-order chi connectivity index (χ1) is 17.8. The molecule has 8 heteroatoms. The quantitative estimate of drug-likeness (QED) is 0.237. The summed E-state index contributed by atoms with van der Waals surface area (Å²) >= 11 is 1.56. The molecule has 1 saturated carbocycles. The Balaban J connectivity index is 1.12. The van der Waals surface area contributed by atoms with Gasteiger partial charge in [-0.3, -0.25) is 9.20 Å². The topological polar surface area (TPSA) is 82.5 Å². The highest BCUT2D eigenvalue weighted by Crippen LogP contribution is 2.31. The van der Waals surface area contributed by atoms with Gasteiger partial charge in [-0.1, -0.05) is 68.0 Å². The van der Waals surface area contributed by atoms with Crippen LogP contribution in [0.1, 0.15) is 57.1 Å². The van der Waals surface area contributed by atoms with Crippen LogP contribution in [0.5, 0.6) is 5.88 Å². The van der Waals surface area contributed by atoms with Crippen molar-refractivity contribution in [3.05, 3.63) is 65.7 Å². The molecule has 0 saturated heterocycles. The van der Waals surface area contributed by atoms with Gasteiger partial charge in [0.15, 0.2) is 4.96 Å². The number of hydrogen-bond acceptors (Lipinski definition) is 7. The number of Topliss-reactive ketones (excluding diaryl/α,β-unsaturated/α-hetero) is 1. The van der Waals surface area contributed by atoms with Crippen molar-refractivity contribution in [1.29, 1.82) is 0 Å². The van der Waals surface area contributed by atoms with Gasteiger partial charge in [0.05, 0.1) is 29.9 Å². The van der Waals surface area contributed by atoms with Gasteiger partial charge in [-0.2, -0.15) is 0 Å². The van der Waals surface area contributed by atoms with Crippen LogP contribution in [0, 0.1) is 5.92 Å². The fourth-order valence-corrected chi connectivity index (χ4v) is 5.46. The fourth-order valence-electron chi connectivity index (χ4n) is 4.49. The van der Waals surface area contributed by atoms with E-state index < -0.39 is 0 Å². The zero-order valence-corrected chi connectivity index (χ0v) is 22.2. The van der Waals surface area contributed by atoms with Crippen LogP contribution in [0.15, 0.2) is 53.2 Å². The molecule has 0 spiro atoms. The van der Waals surface area contributed by atoms with Crippen LogP contribution in [-0.2, 0) is 23.1 Å². The summed E-state index contributed by atoms with van der Waals surface area (Å²) in [6.45, 7) is 6.94. The Kier molecular flexibility index (Phi) is 6.07. The van der Waals surface area contributed by atoms with Gasteiger partial charge in [0.1, 0.15) is 16.4 Å². The van der Waals surface area contributed by atoms with Gasteiger partial charge in [-0.25, -0.2) is 9.97 Å². The minimum atomic E-state index is -0.124. The predicted molar refractivity (Wildman–Crippen MR) is 144 cm³/mol. The second kappa shape index (κ2) is 9.41. The van der Waals surface area contributed by atoms with Crippen LogP contribution < -0.4 is 4.74 Å². The molecule has 0 radical (unpaired) electrons. The number of ether oxygens (including phenoxy) is 1. The summed E-state index contributed by atoms with van der Waals surface area (Å²) in [5.41, 5.74) is 4.47. The van der Waals surface area contributed by atoms with Gasteiger partial charge in [0.2, 0.25) is 5.88 Å². The highest BCUT2D eigenvalue weighted by molar-refractivity contribution is 7.23. The van der Waals surface area contributed by atoms with Crippen LogP contribution in [0.3, 0.4) is 0 Å². The lowest BCUT2D eigenvalue weighted by Gasteiger charge is -2.24. The third-order valence-corrected chi connectivity index (χ3v) is 7.92. The first-order valence-electron chi connectivity index (χ1n) is 12.8. The lowest BCUT2D eigenvalue weighted by Crippen LogP contribution is -2.19. The number of pyridine rings is 1. The molecule has 0 bridgehead atoms. The minimum absolute atomic E-state index is 0.110. The second-order valence-corrected chi connectivity index (χ2v) is 11.9. The standard InChI is InChI=1S/C29H30N4O3S/c1-29(2,3)25-15-21(32-36-25)14-22(34)13-18-7-9-20(10-8-18)23-16-33-24-11-12-26(35-17-19-5-4-6-19)31-27(24)37-28(33)30-23/h7-12,15-16,19H,4-6,13-14,17H2,1-3H3. The van der Waals surface area contributed by atoms with Gasteiger partial charge < -0.3 is 9.26 Å². The number of thiazole rings is 1. The predicted octanol–water partition coefficient (Wildman–Crippen LogP) is 6.43. The molecule has 0 amide bonds. The zero-order valence-electron chi connectivity index (χ0n) is 21.4. The van der Waals surface area contributed by atoms with Crippen molar-refractivity contribution in [1.82, 2.24) is 19.5 Å². The largest absolute Gasteiger partial charge is 0.477 e. The number of benzene rings is 1. The van der Waals surface area contributed by atoms with E-state index in [0.717, 1.165) is 44.5 Å². The average Bonchev–Trinajstić information content (AvgIpc) is 3.53. The highest BCUT2D eigenvalue weighted by Gasteiger charge is 2.21. The van der Waals surface area contributed by atoms with Crippen molar-refractivity contribution in [2.24, 2.45) is 5.92 Å². The monoisotopic (exact) mass is 514 g/mol. The van der Waals surface area contributed by atoms with E-state index in [0.29, 0.717) is 23.9 Å². The smallest absolute Gasteiger partial charge is 0.214 e. The van der Waals surface area contributed by atoms with Crippen molar-refractivity contribution < 1.29 is 14.1 Å². The molecule has 6 rings (SSSR count). The highest BCUT2D eigenvalue weighted by atomic mass is 32.1. The van der Waals surface area contributed by atoms with E-state index >= 15 is 0 Å². The Bertz CT molecular complexity index is 1570.